The lowest BCUT2D eigenvalue weighted by Crippen LogP contribution is -2.26. The van der Waals surface area contributed by atoms with E-state index < -0.39 is 0 Å². The number of rotatable bonds is 6. The third kappa shape index (κ3) is 3.13. The fraction of sp³-hybridized carbons (Fsp3) is 0.278. The summed E-state index contributed by atoms with van der Waals surface area (Å²) in [5.74, 6) is 1.47. The summed E-state index contributed by atoms with van der Waals surface area (Å²) in [7, 11) is 6.39. The Balaban J connectivity index is 1.86. The minimum atomic E-state index is -0.133. The predicted molar refractivity (Wildman–Crippen MR) is 95.8 cm³/mol. The monoisotopic (exact) mass is 356 g/mol. The number of H-pyrrole nitrogens is 1. The summed E-state index contributed by atoms with van der Waals surface area (Å²) < 4.78 is 16.2. The van der Waals surface area contributed by atoms with Crippen LogP contribution in [-0.2, 0) is 6.54 Å². The number of hydrogen-bond donors (Lipinski definition) is 1. The van der Waals surface area contributed by atoms with Crippen LogP contribution in [0.5, 0.6) is 17.2 Å². The third-order valence-corrected chi connectivity index (χ3v) is 4.10. The predicted octanol–water partition coefficient (Wildman–Crippen LogP) is 2.26. The molecular formula is C18H20N4O4. The number of fused-ring (bicyclic) bond motifs is 1. The van der Waals surface area contributed by atoms with Gasteiger partial charge in [-0.15, -0.1) is 0 Å². The van der Waals surface area contributed by atoms with E-state index in [4.69, 9.17) is 14.2 Å². The molecule has 0 aliphatic heterocycles. The lowest BCUT2D eigenvalue weighted by molar-refractivity contribution is 0.0784. The zero-order valence-corrected chi connectivity index (χ0v) is 15.1. The van der Waals surface area contributed by atoms with Crippen LogP contribution >= 0.6 is 0 Å². The van der Waals surface area contributed by atoms with Gasteiger partial charge in [-0.05, 0) is 30.3 Å². The summed E-state index contributed by atoms with van der Waals surface area (Å²) in [5, 5.41) is 10.5. The molecule has 8 heteroatoms. The molecule has 1 amide bonds. The zero-order valence-electron chi connectivity index (χ0n) is 15.1. The van der Waals surface area contributed by atoms with Gasteiger partial charge in [-0.2, -0.15) is 15.4 Å². The van der Waals surface area contributed by atoms with E-state index in [0.717, 1.165) is 5.56 Å². The molecule has 0 radical (unpaired) electrons. The first-order valence-electron chi connectivity index (χ1n) is 7.92. The number of carbonyl (C=O) groups excluding carboxylic acids is 1. The Bertz CT molecular complexity index is 938. The highest BCUT2D eigenvalue weighted by atomic mass is 16.5. The highest BCUT2D eigenvalue weighted by molar-refractivity contribution is 5.97. The molecule has 0 saturated carbocycles. The number of amides is 1. The number of aromatic amines is 1. The summed E-state index contributed by atoms with van der Waals surface area (Å²) in [6.07, 6.45) is 0. The van der Waals surface area contributed by atoms with Crippen LogP contribution in [0, 0.1) is 0 Å². The number of nitrogens with zero attached hydrogens (tertiary/aromatic N) is 3. The van der Waals surface area contributed by atoms with Crippen LogP contribution in [0.2, 0.25) is 0 Å². The quantitative estimate of drug-likeness (QED) is 0.729. The van der Waals surface area contributed by atoms with E-state index in [2.05, 4.69) is 15.4 Å². The molecule has 0 aliphatic carbocycles. The van der Waals surface area contributed by atoms with Crippen LogP contribution in [0.15, 0.2) is 30.3 Å². The number of hydrogen-bond acceptors (Lipinski definition) is 6. The SMILES string of the molecule is COc1ccc(CN(C)C(=O)c2ccc3n[nH]nc3c2)c(OC)c1OC. The van der Waals surface area contributed by atoms with Crippen molar-refractivity contribution in [2.45, 2.75) is 6.54 Å². The second-order valence-corrected chi connectivity index (χ2v) is 5.68. The van der Waals surface area contributed by atoms with Crippen LogP contribution < -0.4 is 14.2 Å². The maximum absolute atomic E-state index is 12.8. The Morgan fingerprint density at radius 1 is 1.00 bits per heavy atom. The number of methoxy groups -OCH3 is 3. The van der Waals surface area contributed by atoms with Crippen molar-refractivity contribution in [3.63, 3.8) is 0 Å². The molecule has 0 bridgehead atoms. The van der Waals surface area contributed by atoms with Crippen LogP contribution in [0.1, 0.15) is 15.9 Å². The van der Waals surface area contributed by atoms with Gasteiger partial charge in [0.1, 0.15) is 11.0 Å². The summed E-state index contributed by atoms with van der Waals surface area (Å²) >= 11 is 0. The highest BCUT2D eigenvalue weighted by Gasteiger charge is 2.19. The van der Waals surface area contributed by atoms with Crippen LogP contribution in [0.25, 0.3) is 11.0 Å². The Kier molecular flexibility index (Phi) is 4.92. The van der Waals surface area contributed by atoms with Crippen molar-refractivity contribution in [1.82, 2.24) is 20.3 Å². The number of nitrogens with one attached hydrogen (secondary N) is 1. The maximum atomic E-state index is 12.8. The largest absolute Gasteiger partial charge is 0.493 e. The number of carbonyl (C=O) groups is 1. The van der Waals surface area contributed by atoms with Crippen molar-refractivity contribution in [1.29, 1.82) is 0 Å². The first-order valence-corrected chi connectivity index (χ1v) is 7.92. The second kappa shape index (κ2) is 7.30. The zero-order chi connectivity index (χ0) is 18.7. The summed E-state index contributed by atoms with van der Waals surface area (Å²) in [4.78, 5) is 14.4. The van der Waals surface area contributed by atoms with E-state index in [1.54, 1.807) is 57.5 Å². The van der Waals surface area contributed by atoms with Gasteiger partial charge < -0.3 is 19.1 Å². The molecular weight excluding hydrogens is 336 g/mol. The molecule has 3 aromatic rings. The Morgan fingerprint density at radius 2 is 1.73 bits per heavy atom. The molecule has 0 atom stereocenters. The number of aromatic nitrogens is 3. The Hall–Kier alpha value is -3.29. The van der Waals surface area contributed by atoms with Crippen molar-refractivity contribution >= 4 is 16.9 Å². The summed E-state index contributed by atoms with van der Waals surface area (Å²) in [5.41, 5.74) is 2.70. The van der Waals surface area contributed by atoms with Gasteiger partial charge in [-0.3, -0.25) is 4.79 Å². The van der Waals surface area contributed by atoms with Gasteiger partial charge in [0, 0.05) is 24.7 Å². The summed E-state index contributed by atoms with van der Waals surface area (Å²) in [6.45, 7) is 0.346. The van der Waals surface area contributed by atoms with E-state index in [1.807, 2.05) is 6.07 Å². The molecule has 136 valence electrons. The van der Waals surface area contributed by atoms with Crippen molar-refractivity contribution in [3.05, 3.63) is 41.5 Å². The molecule has 0 unspecified atom stereocenters. The van der Waals surface area contributed by atoms with Crippen molar-refractivity contribution in [2.75, 3.05) is 28.4 Å². The van der Waals surface area contributed by atoms with E-state index in [9.17, 15) is 4.79 Å². The second-order valence-electron chi connectivity index (χ2n) is 5.68. The van der Waals surface area contributed by atoms with Gasteiger partial charge in [-0.25, -0.2) is 0 Å². The van der Waals surface area contributed by atoms with Crippen LogP contribution in [0.3, 0.4) is 0 Å². The van der Waals surface area contributed by atoms with Gasteiger partial charge >= 0.3 is 0 Å². The summed E-state index contributed by atoms with van der Waals surface area (Å²) in [6, 6.07) is 8.84. The Labute approximate surface area is 150 Å². The minimum absolute atomic E-state index is 0.133. The van der Waals surface area contributed by atoms with Crippen LogP contribution in [0.4, 0.5) is 0 Å². The van der Waals surface area contributed by atoms with Crippen molar-refractivity contribution < 1.29 is 19.0 Å². The lowest BCUT2D eigenvalue weighted by Gasteiger charge is -2.21. The molecule has 0 spiro atoms. The van der Waals surface area contributed by atoms with Gasteiger partial charge in [0.25, 0.3) is 5.91 Å². The molecule has 1 heterocycles. The fourth-order valence-electron chi connectivity index (χ4n) is 2.81. The van der Waals surface area contributed by atoms with E-state index in [-0.39, 0.29) is 5.91 Å². The third-order valence-electron chi connectivity index (χ3n) is 4.10. The molecule has 2 aromatic carbocycles. The highest BCUT2D eigenvalue weighted by Crippen LogP contribution is 2.40. The van der Waals surface area contributed by atoms with E-state index >= 15 is 0 Å². The normalized spacial score (nSPS) is 10.6. The van der Waals surface area contributed by atoms with Gasteiger partial charge in [0.05, 0.1) is 21.3 Å². The Morgan fingerprint density at radius 3 is 2.42 bits per heavy atom. The standard InChI is InChI=1S/C18H20N4O4/c1-22(18(23)11-5-7-13-14(9-11)20-21-19-13)10-12-6-8-15(24-2)17(26-4)16(12)25-3/h5-9H,10H2,1-4H3,(H,19,20,21). The first kappa shape index (κ1) is 17.5. The smallest absolute Gasteiger partial charge is 0.253 e. The first-order chi connectivity index (χ1) is 12.6. The minimum Gasteiger partial charge on any atom is -0.493 e. The van der Waals surface area contributed by atoms with Crippen molar-refractivity contribution in [2.24, 2.45) is 0 Å². The topological polar surface area (TPSA) is 89.6 Å². The molecule has 8 nitrogen and oxygen atoms in total. The molecule has 3 rings (SSSR count). The maximum Gasteiger partial charge on any atom is 0.253 e. The van der Waals surface area contributed by atoms with Gasteiger partial charge in [-0.1, -0.05) is 0 Å². The molecule has 0 aliphatic rings. The van der Waals surface area contributed by atoms with Gasteiger partial charge in [0.2, 0.25) is 5.75 Å². The fourth-order valence-corrected chi connectivity index (χ4v) is 2.81. The molecule has 1 N–H and O–H groups in total. The molecule has 1 aromatic heterocycles. The van der Waals surface area contributed by atoms with Crippen LogP contribution in [-0.4, -0.2) is 54.6 Å². The average Bonchev–Trinajstić information content (AvgIpc) is 3.14. The molecule has 26 heavy (non-hydrogen) atoms. The van der Waals surface area contributed by atoms with Gasteiger partial charge in [0.15, 0.2) is 11.5 Å². The van der Waals surface area contributed by atoms with E-state index in [1.165, 1.54) is 0 Å². The molecule has 0 fully saturated rings. The number of ether oxygens (including phenoxy) is 3. The van der Waals surface area contributed by atoms with Crippen molar-refractivity contribution in [3.8, 4) is 17.2 Å². The van der Waals surface area contributed by atoms with E-state index in [0.29, 0.717) is 40.4 Å². The average molecular weight is 356 g/mol. The lowest BCUT2D eigenvalue weighted by atomic mass is 10.1. The molecule has 0 saturated heterocycles. The number of benzene rings is 2.